The number of thiazole rings is 1. The zero-order chi connectivity index (χ0) is 23.5. The van der Waals surface area contributed by atoms with Crippen molar-refractivity contribution in [3.63, 3.8) is 0 Å². The number of amides is 1. The van der Waals surface area contributed by atoms with Crippen molar-refractivity contribution < 1.29 is 18.3 Å². The Morgan fingerprint density at radius 2 is 1.91 bits per heavy atom. The fraction of sp³-hybridized carbons (Fsp3) is 0.0769. The summed E-state index contributed by atoms with van der Waals surface area (Å²) in [5.41, 5.74) is 1.77. The molecule has 0 spiro atoms. The molecule has 0 atom stereocenters. The molecule has 34 heavy (non-hydrogen) atoms. The van der Waals surface area contributed by atoms with E-state index in [-0.39, 0.29) is 18.2 Å². The summed E-state index contributed by atoms with van der Waals surface area (Å²) < 4.78 is 25.7. The standard InChI is InChI=1S/C26H18ClFN2O3S/c27-17-7-5-8-18(13-17)32-15-21-20-9-2-4-11-23(20)33-24(21)25(31)30-26-29-14-19(34-26)12-16-6-1-3-10-22(16)28/h1-11,13-14H,12,15H2,(H,29,30,31). The lowest BCUT2D eigenvalue weighted by molar-refractivity contribution is 0.0995. The van der Waals surface area contributed by atoms with Crippen LogP contribution in [-0.2, 0) is 13.0 Å². The zero-order valence-corrected chi connectivity index (χ0v) is 19.3. The van der Waals surface area contributed by atoms with Gasteiger partial charge in [0.05, 0.1) is 0 Å². The molecule has 1 N–H and O–H groups in total. The third-order valence-corrected chi connectivity index (χ3v) is 6.33. The summed E-state index contributed by atoms with van der Waals surface area (Å²) in [4.78, 5) is 18.2. The highest BCUT2D eigenvalue weighted by Crippen LogP contribution is 2.29. The predicted octanol–water partition coefficient (Wildman–Crippen LogP) is 7.10. The number of aromatic nitrogens is 1. The number of nitrogens with one attached hydrogen (secondary N) is 1. The maximum absolute atomic E-state index is 14.0. The number of nitrogens with zero attached hydrogens (tertiary/aromatic N) is 1. The van der Waals surface area contributed by atoms with E-state index in [0.29, 0.717) is 39.0 Å². The summed E-state index contributed by atoms with van der Waals surface area (Å²) in [6.07, 6.45) is 2.03. The molecule has 5 nitrogen and oxygen atoms in total. The highest BCUT2D eigenvalue weighted by Gasteiger charge is 2.22. The van der Waals surface area contributed by atoms with E-state index in [2.05, 4.69) is 10.3 Å². The molecule has 0 aliphatic carbocycles. The maximum Gasteiger partial charge on any atom is 0.293 e. The number of para-hydroxylation sites is 1. The van der Waals surface area contributed by atoms with Crippen molar-refractivity contribution in [2.75, 3.05) is 5.32 Å². The van der Waals surface area contributed by atoms with Crippen LogP contribution in [0, 0.1) is 5.82 Å². The molecule has 0 saturated heterocycles. The monoisotopic (exact) mass is 492 g/mol. The van der Waals surface area contributed by atoms with Crippen molar-refractivity contribution >= 4 is 44.9 Å². The number of rotatable bonds is 7. The smallest absolute Gasteiger partial charge is 0.293 e. The fourth-order valence-electron chi connectivity index (χ4n) is 3.57. The Balaban J connectivity index is 1.36. The van der Waals surface area contributed by atoms with Crippen molar-refractivity contribution in [2.24, 2.45) is 0 Å². The van der Waals surface area contributed by atoms with Gasteiger partial charge in [-0.15, -0.1) is 11.3 Å². The Hall–Kier alpha value is -3.68. The summed E-state index contributed by atoms with van der Waals surface area (Å²) in [5.74, 6) is 0.0247. The van der Waals surface area contributed by atoms with Crippen LogP contribution in [0.3, 0.4) is 0 Å². The Kier molecular flexibility index (Phi) is 6.29. The number of hydrogen-bond donors (Lipinski definition) is 1. The molecule has 8 heteroatoms. The van der Waals surface area contributed by atoms with E-state index in [1.165, 1.54) is 17.4 Å². The van der Waals surface area contributed by atoms with Gasteiger partial charge in [0.25, 0.3) is 5.91 Å². The highest BCUT2D eigenvalue weighted by molar-refractivity contribution is 7.15. The molecular formula is C26H18ClFN2O3S. The van der Waals surface area contributed by atoms with Gasteiger partial charge in [0, 0.05) is 33.5 Å². The van der Waals surface area contributed by atoms with Crippen molar-refractivity contribution in [3.8, 4) is 5.75 Å². The van der Waals surface area contributed by atoms with Crippen LogP contribution in [0.5, 0.6) is 5.75 Å². The van der Waals surface area contributed by atoms with Gasteiger partial charge in [0.1, 0.15) is 23.8 Å². The average Bonchev–Trinajstić information content (AvgIpc) is 3.43. The molecule has 0 aliphatic rings. The van der Waals surface area contributed by atoms with Crippen LogP contribution >= 0.6 is 22.9 Å². The van der Waals surface area contributed by atoms with Gasteiger partial charge in [0.2, 0.25) is 0 Å². The van der Waals surface area contributed by atoms with Crippen LogP contribution in [0.2, 0.25) is 5.02 Å². The summed E-state index contributed by atoms with van der Waals surface area (Å²) >= 11 is 7.33. The number of hydrogen-bond acceptors (Lipinski definition) is 5. The van der Waals surface area contributed by atoms with Gasteiger partial charge in [-0.05, 0) is 35.9 Å². The second-order valence-corrected chi connectivity index (χ2v) is 9.06. The molecular weight excluding hydrogens is 475 g/mol. The molecule has 0 saturated carbocycles. The first-order valence-electron chi connectivity index (χ1n) is 10.4. The van der Waals surface area contributed by atoms with Gasteiger partial charge in [-0.1, -0.05) is 54.1 Å². The number of benzene rings is 3. The van der Waals surface area contributed by atoms with Crippen LogP contribution in [0.15, 0.2) is 83.4 Å². The Morgan fingerprint density at radius 1 is 1.09 bits per heavy atom. The van der Waals surface area contributed by atoms with Crippen LogP contribution in [-0.4, -0.2) is 10.9 Å². The van der Waals surface area contributed by atoms with Gasteiger partial charge >= 0.3 is 0 Å². The highest BCUT2D eigenvalue weighted by atomic mass is 35.5. The molecule has 0 unspecified atom stereocenters. The van der Waals surface area contributed by atoms with Crippen LogP contribution in [0.25, 0.3) is 11.0 Å². The summed E-state index contributed by atoms with van der Waals surface area (Å²) in [6.45, 7) is 0.122. The Bertz CT molecular complexity index is 1480. The number of anilines is 1. The lowest BCUT2D eigenvalue weighted by atomic mass is 10.1. The number of carbonyl (C=O) groups is 1. The summed E-state index contributed by atoms with van der Waals surface area (Å²) in [6, 6.07) is 21.0. The van der Waals surface area contributed by atoms with Crippen molar-refractivity contribution in [1.29, 1.82) is 0 Å². The van der Waals surface area contributed by atoms with Crippen molar-refractivity contribution in [3.05, 3.63) is 112 Å². The largest absolute Gasteiger partial charge is 0.489 e. The van der Waals surface area contributed by atoms with E-state index < -0.39 is 5.91 Å². The zero-order valence-electron chi connectivity index (χ0n) is 17.8. The third-order valence-electron chi connectivity index (χ3n) is 5.18. The van der Waals surface area contributed by atoms with Gasteiger partial charge in [-0.2, -0.15) is 0 Å². The van der Waals surface area contributed by atoms with Crippen LogP contribution < -0.4 is 10.1 Å². The van der Waals surface area contributed by atoms with Gasteiger partial charge in [-0.3, -0.25) is 10.1 Å². The van der Waals surface area contributed by atoms with Crippen LogP contribution in [0.1, 0.15) is 26.6 Å². The lowest BCUT2D eigenvalue weighted by Gasteiger charge is -2.07. The minimum atomic E-state index is -0.437. The lowest BCUT2D eigenvalue weighted by Crippen LogP contribution is -2.13. The van der Waals surface area contributed by atoms with E-state index in [4.69, 9.17) is 20.8 Å². The fourth-order valence-corrected chi connectivity index (χ4v) is 4.58. The molecule has 0 radical (unpaired) electrons. The quantitative estimate of drug-likeness (QED) is 0.263. The molecule has 2 heterocycles. The first kappa shape index (κ1) is 22.1. The molecule has 5 rings (SSSR count). The van der Waals surface area contributed by atoms with Gasteiger partial charge < -0.3 is 9.15 Å². The minimum absolute atomic E-state index is 0.122. The first-order valence-corrected chi connectivity index (χ1v) is 11.6. The minimum Gasteiger partial charge on any atom is -0.489 e. The van der Waals surface area contributed by atoms with Gasteiger partial charge in [0.15, 0.2) is 10.9 Å². The van der Waals surface area contributed by atoms with Gasteiger partial charge in [-0.25, -0.2) is 9.37 Å². The van der Waals surface area contributed by atoms with E-state index in [1.807, 2.05) is 18.2 Å². The van der Waals surface area contributed by atoms with E-state index in [1.54, 1.807) is 54.7 Å². The second kappa shape index (κ2) is 9.67. The maximum atomic E-state index is 14.0. The molecule has 0 aliphatic heterocycles. The number of furan rings is 1. The molecule has 0 bridgehead atoms. The van der Waals surface area contributed by atoms with Crippen molar-refractivity contribution in [2.45, 2.75) is 13.0 Å². The first-order chi connectivity index (χ1) is 16.6. The number of fused-ring (bicyclic) bond motifs is 1. The molecule has 3 aromatic carbocycles. The number of carbonyl (C=O) groups excluding carboxylic acids is 1. The number of ether oxygens (including phenoxy) is 1. The predicted molar refractivity (Wildman–Crippen MR) is 131 cm³/mol. The molecule has 0 fully saturated rings. The third kappa shape index (κ3) is 4.81. The molecule has 1 amide bonds. The topological polar surface area (TPSA) is 64.4 Å². The van der Waals surface area contributed by atoms with Crippen molar-refractivity contribution in [1.82, 2.24) is 4.98 Å². The number of halogens is 2. The molecule has 5 aromatic rings. The van der Waals surface area contributed by atoms with E-state index in [0.717, 1.165) is 10.3 Å². The van der Waals surface area contributed by atoms with E-state index in [9.17, 15) is 9.18 Å². The Labute approximate surface area is 203 Å². The summed E-state index contributed by atoms with van der Waals surface area (Å²) in [5, 5.41) is 4.54. The SMILES string of the molecule is O=C(Nc1ncc(Cc2ccccc2F)s1)c1oc2ccccc2c1COc1cccc(Cl)c1. The Morgan fingerprint density at radius 3 is 2.76 bits per heavy atom. The van der Waals surface area contributed by atoms with Crippen LogP contribution in [0.4, 0.5) is 9.52 Å². The summed E-state index contributed by atoms with van der Waals surface area (Å²) in [7, 11) is 0. The average molecular weight is 493 g/mol. The second-order valence-electron chi connectivity index (χ2n) is 7.51. The van der Waals surface area contributed by atoms with E-state index >= 15 is 0 Å². The normalized spacial score (nSPS) is 11.0. The molecule has 170 valence electrons. The molecule has 2 aromatic heterocycles.